The summed E-state index contributed by atoms with van der Waals surface area (Å²) >= 11 is 4.81. The van der Waals surface area contributed by atoms with E-state index in [1.54, 1.807) is 6.07 Å². The zero-order valence-electron chi connectivity index (χ0n) is 10.2. The van der Waals surface area contributed by atoms with E-state index in [0.29, 0.717) is 10.4 Å². The fraction of sp³-hybridized carbons (Fsp3) is 0. The Labute approximate surface area is 127 Å². The van der Waals surface area contributed by atoms with Crippen molar-refractivity contribution in [3.8, 4) is 0 Å². The SMILES string of the molecule is O=[N+]([O-])c1c(Nc2ccccc2Br)sc2ccccc12. The molecule has 1 N–H and O–H groups in total. The monoisotopic (exact) mass is 348 g/mol. The zero-order chi connectivity index (χ0) is 14.1. The van der Waals surface area contributed by atoms with E-state index < -0.39 is 0 Å². The molecule has 0 saturated heterocycles. The highest BCUT2D eigenvalue weighted by Crippen LogP contribution is 2.43. The largest absolute Gasteiger partial charge is 0.341 e. The van der Waals surface area contributed by atoms with Gasteiger partial charge in [-0.25, -0.2) is 0 Å². The first-order valence-electron chi connectivity index (χ1n) is 5.84. The maximum absolute atomic E-state index is 11.3. The van der Waals surface area contributed by atoms with Crippen LogP contribution in [0.1, 0.15) is 0 Å². The van der Waals surface area contributed by atoms with Gasteiger partial charge in [0.2, 0.25) is 0 Å². The lowest BCUT2D eigenvalue weighted by molar-refractivity contribution is -0.381. The molecule has 2 aromatic carbocycles. The summed E-state index contributed by atoms with van der Waals surface area (Å²) < 4.78 is 1.76. The van der Waals surface area contributed by atoms with E-state index in [4.69, 9.17) is 0 Å². The minimum atomic E-state index is -0.335. The van der Waals surface area contributed by atoms with Gasteiger partial charge >= 0.3 is 5.69 Å². The smallest absolute Gasteiger partial charge is 0.311 e. The number of rotatable bonds is 3. The number of anilines is 2. The fourth-order valence-corrected chi connectivity index (χ4v) is 3.45. The predicted octanol–water partition coefficient (Wildman–Crippen LogP) is 5.32. The molecule has 0 aliphatic rings. The van der Waals surface area contributed by atoms with Crippen LogP contribution < -0.4 is 5.32 Å². The van der Waals surface area contributed by atoms with Gasteiger partial charge in [-0.2, -0.15) is 0 Å². The molecule has 20 heavy (non-hydrogen) atoms. The third-order valence-electron chi connectivity index (χ3n) is 2.87. The molecule has 1 aromatic heterocycles. The average Bonchev–Trinajstić information content (AvgIpc) is 2.79. The highest BCUT2D eigenvalue weighted by molar-refractivity contribution is 9.10. The number of fused-ring (bicyclic) bond motifs is 1. The molecule has 0 aliphatic heterocycles. The molecule has 4 nitrogen and oxygen atoms in total. The van der Waals surface area contributed by atoms with E-state index in [-0.39, 0.29) is 10.6 Å². The van der Waals surface area contributed by atoms with Gasteiger partial charge in [-0.1, -0.05) is 24.3 Å². The third kappa shape index (κ3) is 2.28. The Bertz CT molecular complexity index is 801. The van der Waals surface area contributed by atoms with Gasteiger partial charge in [0.05, 0.1) is 16.0 Å². The van der Waals surface area contributed by atoms with E-state index in [9.17, 15) is 10.1 Å². The second-order valence-corrected chi connectivity index (χ2v) is 6.04. The molecule has 3 rings (SSSR count). The van der Waals surface area contributed by atoms with Gasteiger partial charge in [0, 0.05) is 9.17 Å². The van der Waals surface area contributed by atoms with Crippen molar-refractivity contribution < 1.29 is 4.92 Å². The van der Waals surface area contributed by atoms with Crippen LogP contribution >= 0.6 is 27.3 Å². The lowest BCUT2D eigenvalue weighted by atomic mass is 10.2. The molecule has 1 heterocycles. The second-order valence-electron chi connectivity index (χ2n) is 4.14. The highest BCUT2D eigenvalue weighted by Gasteiger charge is 2.22. The Morgan fingerprint density at radius 3 is 2.55 bits per heavy atom. The molecule has 0 saturated carbocycles. The van der Waals surface area contributed by atoms with Crippen molar-refractivity contribution in [2.75, 3.05) is 5.32 Å². The molecule has 0 unspecified atom stereocenters. The van der Waals surface area contributed by atoms with Crippen molar-refractivity contribution in [2.45, 2.75) is 0 Å². The van der Waals surface area contributed by atoms with Crippen LogP contribution in [-0.2, 0) is 0 Å². The van der Waals surface area contributed by atoms with Crippen LogP contribution in [0.2, 0.25) is 0 Å². The number of nitro groups is 1. The predicted molar refractivity (Wildman–Crippen MR) is 85.9 cm³/mol. The van der Waals surface area contributed by atoms with E-state index in [0.717, 1.165) is 14.9 Å². The Balaban J connectivity index is 2.14. The Morgan fingerprint density at radius 2 is 1.80 bits per heavy atom. The maximum Gasteiger partial charge on any atom is 0.311 e. The van der Waals surface area contributed by atoms with Gasteiger partial charge in [-0.3, -0.25) is 10.1 Å². The van der Waals surface area contributed by atoms with Gasteiger partial charge in [-0.05, 0) is 40.2 Å². The average molecular weight is 349 g/mol. The van der Waals surface area contributed by atoms with E-state index >= 15 is 0 Å². The van der Waals surface area contributed by atoms with Gasteiger partial charge in [0.15, 0.2) is 5.00 Å². The number of nitrogens with zero attached hydrogens (tertiary/aromatic N) is 1. The van der Waals surface area contributed by atoms with Gasteiger partial charge < -0.3 is 5.32 Å². The molecule has 0 atom stereocenters. The third-order valence-corrected chi connectivity index (χ3v) is 4.64. The minimum absolute atomic E-state index is 0.126. The van der Waals surface area contributed by atoms with Crippen LogP contribution in [0, 0.1) is 10.1 Å². The molecular formula is C14H9BrN2O2S. The van der Waals surface area contributed by atoms with E-state index in [1.165, 1.54) is 11.3 Å². The van der Waals surface area contributed by atoms with Crippen molar-refractivity contribution in [2.24, 2.45) is 0 Å². The molecule has 0 bridgehead atoms. The molecular weight excluding hydrogens is 340 g/mol. The Kier molecular flexibility index (Phi) is 3.42. The maximum atomic E-state index is 11.3. The second kappa shape index (κ2) is 5.22. The molecule has 0 spiro atoms. The number of para-hydroxylation sites is 1. The summed E-state index contributed by atoms with van der Waals surface area (Å²) in [6.45, 7) is 0. The number of nitrogens with one attached hydrogen (secondary N) is 1. The lowest BCUT2D eigenvalue weighted by Crippen LogP contribution is -1.94. The zero-order valence-corrected chi connectivity index (χ0v) is 12.6. The first-order valence-corrected chi connectivity index (χ1v) is 7.45. The molecule has 6 heteroatoms. The summed E-state index contributed by atoms with van der Waals surface area (Å²) in [4.78, 5) is 11.0. The molecule has 100 valence electrons. The topological polar surface area (TPSA) is 55.2 Å². The molecule has 3 aromatic rings. The number of hydrogen-bond donors (Lipinski definition) is 1. The van der Waals surface area contributed by atoms with Crippen LogP contribution in [0.15, 0.2) is 53.0 Å². The molecule has 0 radical (unpaired) electrons. The van der Waals surface area contributed by atoms with Crippen molar-refractivity contribution in [1.29, 1.82) is 0 Å². The van der Waals surface area contributed by atoms with Gasteiger partial charge in [-0.15, -0.1) is 11.3 Å². The van der Waals surface area contributed by atoms with Crippen LogP contribution in [0.4, 0.5) is 16.4 Å². The number of hydrogen-bond acceptors (Lipinski definition) is 4. The van der Waals surface area contributed by atoms with E-state index in [2.05, 4.69) is 21.2 Å². The summed E-state index contributed by atoms with van der Waals surface area (Å²) in [5.74, 6) is 0. The highest BCUT2D eigenvalue weighted by atomic mass is 79.9. The van der Waals surface area contributed by atoms with Crippen LogP contribution in [0.5, 0.6) is 0 Å². The summed E-state index contributed by atoms with van der Waals surface area (Å²) in [5.41, 5.74) is 0.934. The number of halogens is 1. The minimum Gasteiger partial charge on any atom is -0.341 e. The number of thiophene rings is 1. The van der Waals surface area contributed by atoms with Crippen molar-refractivity contribution in [3.05, 3.63) is 63.1 Å². The summed E-state index contributed by atoms with van der Waals surface area (Å²) in [6.07, 6.45) is 0. The summed E-state index contributed by atoms with van der Waals surface area (Å²) in [7, 11) is 0. The normalized spacial score (nSPS) is 10.7. The number of benzene rings is 2. The first-order chi connectivity index (χ1) is 9.66. The summed E-state index contributed by atoms with van der Waals surface area (Å²) in [6, 6.07) is 14.9. The van der Waals surface area contributed by atoms with E-state index in [1.807, 2.05) is 42.5 Å². The molecule has 0 fully saturated rings. The lowest BCUT2D eigenvalue weighted by Gasteiger charge is -2.05. The Hall–Kier alpha value is -1.92. The quantitative estimate of drug-likeness (QED) is 0.515. The summed E-state index contributed by atoms with van der Waals surface area (Å²) in [5, 5.41) is 15.7. The Morgan fingerprint density at radius 1 is 1.10 bits per heavy atom. The van der Waals surface area contributed by atoms with Crippen molar-refractivity contribution in [3.63, 3.8) is 0 Å². The van der Waals surface area contributed by atoms with Gasteiger partial charge in [0.25, 0.3) is 0 Å². The van der Waals surface area contributed by atoms with Crippen molar-refractivity contribution >= 4 is 53.7 Å². The van der Waals surface area contributed by atoms with Gasteiger partial charge in [0.1, 0.15) is 0 Å². The standard InChI is InChI=1S/C14H9BrN2O2S/c15-10-6-2-3-7-11(10)16-14-13(17(18)19)9-5-1-4-8-12(9)20-14/h1-8,16H. The molecule has 0 amide bonds. The van der Waals surface area contributed by atoms with Crippen molar-refractivity contribution in [1.82, 2.24) is 0 Å². The molecule has 0 aliphatic carbocycles. The van der Waals surface area contributed by atoms with Crippen LogP contribution in [0.25, 0.3) is 10.1 Å². The van der Waals surface area contributed by atoms with Crippen LogP contribution in [-0.4, -0.2) is 4.92 Å². The van der Waals surface area contributed by atoms with Crippen LogP contribution in [0.3, 0.4) is 0 Å². The first kappa shape index (κ1) is 13.1. The fourth-order valence-electron chi connectivity index (χ4n) is 1.98.